The second kappa shape index (κ2) is 11.0. The van der Waals surface area contributed by atoms with Crippen LogP contribution in [-0.2, 0) is 6.54 Å². The highest BCUT2D eigenvalue weighted by atomic mass is 16.2. The van der Waals surface area contributed by atoms with Crippen molar-refractivity contribution < 1.29 is 9.59 Å². The van der Waals surface area contributed by atoms with E-state index in [1.807, 2.05) is 49.4 Å². The molecule has 0 unspecified atom stereocenters. The quantitative estimate of drug-likeness (QED) is 0.590. The lowest BCUT2D eigenvalue weighted by Crippen LogP contribution is -2.37. The van der Waals surface area contributed by atoms with Crippen molar-refractivity contribution in [1.29, 1.82) is 0 Å². The van der Waals surface area contributed by atoms with Gasteiger partial charge in [0.15, 0.2) is 0 Å². The zero-order valence-corrected chi connectivity index (χ0v) is 16.0. The predicted octanol–water partition coefficient (Wildman–Crippen LogP) is 3.78. The van der Waals surface area contributed by atoms with Gasteiger partial charge in [0.2, 0.25) is 0 Å². The Kier molecular flexibility index (Phi) is 8.32. The Hall–Kier alpha value is -2.86. The Morgan fingerprint density at radius 2 is 1.67 bits per heavy atom. The van der Waals surface area contributed by atoms with Crippen molar-refractivity contribution in [3.05, 3.63) is 65.7 Å². The number of hydrogen-bond donors (Lipinski definition) is 3. The van der Waals surface area contributed by atoms with Crippen molar-refractivity contribution in [1.82, 2.24) is 15.8 Å². The topological polar surface area (TPSA) is 73.5 Å². The Balaban J connectivity index is 2.02. The molecule has 6 nitrogen and oxygen atoms in total. The van der Waals surface area contributed by atoms with E-state index in [9.17, 15) is 9.59 Å². The fourth-order valence-corrected chi connectivity index (χ4v) is 2.55. The zero-order chi connectivity index (χ0) is 19.5. The largest absolute Gasteiger partial charge is 0.322 e. The molecule has 0 aromatic heterocycles. The third-order valence-corrected chi connectivity index (χ3v) is 4.06. The van der Waals surface area contributed by atoms with Crippen LogP contribution in [-0.4, -0.2) is 29.9 Å². The van der Waals surface area contributed by atoms with Crippen molar-refractivity contribution in [2.45, 2.75) is 33.2 Å². The molecule has 144 valence electrons. The summed E-state index contributed by atoms with van der Waals surface area (Å²) in [6.07, 6.45) is 1.95. The number of carbonyl (C=O) groups excluding carboxylic acids is 2. The molecule has 0 bridgehead atoms. The Morgan fingerprint density at radius 1 is 0.963 bits per heavy atom. The van der Waals surface area contributed by atoms with E-state index in [2.05, 4.69) is 23.1 Å². The molecule has 0 aliphatic rings. The van der Waals surface area contributed by atoms with Gasteiger partial charge in [-0.25, -0.2) is 10.2 Å². The number of carbonyl (C=O) groups is 2. The van der Waals surface area contributed by atoms with Gasteiger partial charge in [-0.1, -0.05) is 50.6 Å². The van der Waals surface area contributed by atoms with Crippen molar-refractivity contribution in [3.8, 4) is 0 Å². The van der Waals surface area contributed by atoms with E-state index >= 15 is 0 Å². The molecule has 3 N–H and O–H groups in total. The zero-order valence-electron chi connectivity index (χ0n) is 16.0. The minimum Gasteiger partial charge on any atom is -0.320 e. The third-order valence-electron chi connectivity index (χ3n) is 4.06. The maximum absolute atomic E-state index is 12.7. The second-order valence-electron chi connectivity index (χ2n) is 6.25. The molecule has 2 aromatic carbocycles. The van der Waals surface area contributed by atoms with Gasteiger partial charge in [-0.15, -0.1) is 0 Å². The van der Waals surface area contributed by atoms with E-state index in [0.29, 0.717) is 25.2 Å². The van der Waals surface area contributed by atoms with E-state index in [4.69, 9.17) is 0 Å². The van der Waals surface area contributed by atoms with Crippen LogP contribution in [0.4, 0.5) is 10.5 Å². The normalized spacial score (nSPS) is 10.3. The number of amides is 3. The van der Waals surface area contributed by atoms with Crippen molar-refractivity contribution in [3.63, 3.8) is 0 Å². The molecular weight excluding hydrogens is 340 g/mol. The van der Waals surface area contributed by atoms with Crippen LogP contribution in [0.5, 0.6) is 0 Å². The van der Waals surface area contributed by atoms with Gasteiger partial charge in [-0.2, -0.15) is 0 Å². The van der Waals surface area contributed by atoms with E-state index in [0.717, 1.165) is 24.1 Å². The minimum atomic E-state index is -0.173. The Labute approximate surface area is 160 Å². The van der Waals surface area contributed by atoms with Crippen LogP contribution < -0.4 is 16.2 Å². The fourth-order valence-electron chi connectivity index (χ4n) is 2.55. The summed E-state index contributed by atoms with van der Waals surface area (Å²) in [5, 5.41) is 2.94. The predicted molar refractivity (Wildman–Crippen MR) is 108 cm³/mol. The van der Waals surface area contributed by atoms with Gasteiger partial charge in [0.05, 0.1) is 0 Å². The molecule has 2 rings (SSSR count). The van der Waals surface area contributed by atoms with Crippen LogP contribution in [0.2, 0.25) is 0 Å². The first kappa shape index (κ1) is 20.5. The van der Waals surface area contributed by atoms with E-state index in [1.165, 1.54) is 0 Å². The Bertz CT molecular complexity index is 717. The first-order valence-corrected chi connectivity index (χ1v) is 9.37. The number of urea groups is 1. The average molecular weight is 368 g/mol. The van der Waals surface area contributed by atoms with Crippen LogP contribution in [0.3, 0.4) is 0 Å². The van der Waals surface area contributed by atoms with Crippen LogP contribution in [0, 0.1) is 0 Å². The first-order chi connectivity index (χ1) is 13.1. The van der Waals surface area contributed by atoms with Crippen molar-refractivity contribution in [2.75, 3.05) is 18.4 Å². The van der Waals surface area contributed by atoms with Gasteiger partial charge in [-0.05, 0) is 36.2 Å². The summed E-state index contributed by atoms with van der Waals surface area (Å²) in [7, 11) is 0. The number of nitrogens with one attached hydrogen (secondary N) is 3. The van der Waals surface area contributed by atoms with Crippen LogP contribution in [0.15, 0.2) is 54.6 Å². The summed E-state index contributed by atoms with van der Waals surface area (Å²) in [6.45, 7) is 5.85. The summed E-state index contributed by atoms with van der Waals surface area (Å²) >= 11 is 0. The molecule has 27 heavy (non-hydrogen) atoms. The molecule has 0 aliphatic heterocycles. The number of para-hydroxylation sites is 1. The Morgan fingerprint density at radius 3 is 2.30 bits per heavy atom. The van der Waals surface area contributed by atoms with Gasteiger partial charge in [0.1, 0.15) is 0 Å². The molecule has 0 aliphatic carbocycles. The molecular formula is C21H28N4O2. The molecule has 0 heterocycles. The summed E-state index contributed by atoms with van der Waals surface area (Å²) < 4.78 is 0. The van der Waals surface area contributed by atoms with E-state index < -0.39 is 0 Å². The lowest BCUT2D eigenvalue weighted by Gasteiger charge is -2.23. The maximum Gasteiger partial charge on any atom is 0.322 e. The molecule has 0 fully saturated rings. The number of nitrogens with zero attached hydrogens (tertiary/aromatic N) is 1. The molecule has 0 atom stereocenters. The number of anilines is 1. The monoisotopic (exact) mass is 368 g/mol. The van der Waals surface area contributed by atoms with Gasteiger partial charge in [0, 0.05) is 30.9 Å². The molecule has 0 saturated carbocycles. The molecule has 0 spiro atoms. The summed E-state index contributed by atoms with van der Waals surface area (Å²) in [5.74, 6) is -0.173. The lowest BCUT2D eigenvalue weighted by atomic mass is 10.1. The molecule has 3 amide bonds. The van der Waals surface area contributed by atoms with Crippen LogP contribution >= 0.6 is 0 Å². The van der Waals surface area contributed by atoms with Gasteiger partial charge >= 0.3 is 6.03 Å². The number of hydrazine groups is 1. The van der Waals surface area contributed by atoms with Crippen LogP contribution in [0.1, 0.15) is 42.6 Å². The van der Waals surface area contributed by atoms with E-state index in [1.54, 1.807) is 17.0 Å². The maximum atomic E-state index is 12.7. The summed E-state index contributed by atoms with van der Waals surface area (Å²) in [4.78, 5) is 26.4. The molecule has 0 radical (unpaired) electrons. The van der Waals surface area contributed by atoms with E-state index in [-0.39, 0.29) is 11.9 Å². The number of benzene rings is 2. The summed E-state index contributed by atoms with van der Waals surface area (Å²) in [5.41, 5.74) is 7.75. The second-order valence-corrected chi connectivity index (χ2v) is 6.25. The highest BCUT2D eigenvalue weighted by Gasteiger charge is 2.14. The number of hydrogen-bond acceptors (Lipinski definition) is 3. The molecule has 0 saturated heterocycles. The van der Waals surface area contributed by atoms with Gasteiger partial charge < -0.3 is 10.2 Å². The third kappa shape index (κ3) is 6.75. The SMILES string of the molecule is CCCCN(Cc1ccc(C(=O)NNCC)cc1)C(=O)Nc1ccccc1. The smallest absolute Gasteiger partial charge is 0.320 e. The fraction of sp³-hybridized carbons (Fsp3) is 0.333. The van der Waals surface area contributed by atoms with Gasteiger partial charge in [-0.3, -0.25) is 10.2 Å². The van der Waals surface area contributed by atoms with Crippen molar-refractivity contribution >= 4 is 17.6 Å². The average Bonchev–Trinajstić information content (AvgIpc) is 2.70. The molecule has 2 aromatic rings. The highest BCUT2D eigenvalue weighted by molar-refractivity contribution is 5.93. The first-order valence-electron chi connectivity index (χ1n) is 9.37. The lowest BCUT2D eigenvalue weighted by molar-refractivity contribution is 0.0934. The highest BCUT2D eigenvalue weighted by Crippen LogP contribution is 2.12. The van der Waals surface area contributed by atoms with Crippen LogP contribution in [0.25, 0.3) is 0 Å². The number of rotatable bonds is 9. The van der Waals surface area contributed by atoms with Crippen molar-refractivity contribution in [2.24, 2.45) is 0 Å². The van der Waals surface area contributed by atoms with Gasteiger partial charge in [0.25, 0.3) is 5.91 Å². The molecule has 6 heteroatoms. The summed E-state index contributed by atoms with van der Waals surface area (Å²) in [6, 6.07) is 16.6. The minimum absolute atomic E-state index is 0.122. The standard InChI is InChI=1S/C21H28N4O2/c1-3-5-15-25(21(27)23-19-9-7-6-8-10-19)16-17-11-13-18(14-12-17)20(26)24-22-4-2/h6-14,22H,3-5,15-16H2,1-2H3,(H,23,27)(H,24,26). The number of unbranched alkanes of at least 4 members (excludes halogenated alkanes) is 1.